The molecular weight excluding hydrogens is 580 g/mol. The third-order valence-electron chi connectivity index (χ3n) is 8.32. The summed E-state index contributed by atoms with van der Waals surface area (Å²) < 4.78 is 13.7. The summed E-state index contributed by atoms with van der Waals surface area (Å²) in [6.45, 7) is 12.7. The number of pyridine rings is 1. The molecule has 2 aromatic heterocycles. The number of hydrogen-bond donors (Lipinski definition) is 0. The third kappa shape index (κ3) is 7.18. The van der Waals surface area contributed by atoms with Crippen LogP contribution in [0.3, 0.4) is 0 Å². The van der Waals surface area contributed by atoms with E-state index in [4.69, 9.17) is 26.1 Å². The first-order valence-corrected chi connectivity index (χ1v) is 15.6. The van der Waals surface area contributed by atoms with Gasteiger partial charge in [-0.15, -0.1) is 0 Å². The number of nitrogens with zero attached hydrogens (tertiary/aromatic N) is 6. The van der Waals surface area contributed by atoms with Crippen LogP contribution in [0, 0.1) is 19.8 Å². The van der Waals surface area contributed by atoms with Gasteiger partial charge in [-0.25, -0.2) is 9.78 Å². The lowest BCUT2D eigenvalue weighted by Gasteiger charge is -2.45. The Kier molecular flexibility index (Phi) is 9.51. The summed E-state index contributed by atoms with van der Waals surface area (Å²) in [6.07, 6.45) is 6.06. The standard InChI is InChI=1S/C33H43ClN6O4/c1-22-8-7-12-35-29(22)30(26-10-9-25(34)16-28(26)43-6)38-14-15-40(32(42)44-33(3,4)5)27(20-38)31(41)39-13-11-24(19-39)18-37-17-23(2)36-21-37/h7-10,12,16-17,21,24,27,30H,11,13-15,18-20H2,1-6H3/t24-,27-,30+/m0/s1. The second-order valence-corrected chi connectivity index (χ2v) is 13.3. The normalized spacial score (nSPS) is 20.1. The summed E-state index contributed by atoms with van der Waals surface area (Å²) in [4.78, 5) is 42.7. The number of methoxy groups -OCH3 is 1. The Bertz CT molecular complexity index is 1490. The van der Waals surface area contributed by atoms with Gasteiger partial charge < -0.3 is 18.9 Å². The number of aromatic nitrogens is 3. The second kappa shape index (κ2) is 13.2. The number of amides is 2. The molecule has 44 heavy (non-hydrogen) atoms. The largest absolute Gasteiger partial charge is 0.496 e. The molecule has 0 aliphatic carbocycles. The van der Waals surface area contributed by atoms with Crippen molar-refractivity contribution < 1.29 is 19.1 Å². The highest BCUT2D eigenvalue weighted by Crippen LogP contribution is 2.38. The molecular formula is C33H43ClN6O4. The molecule has 0 spiro atoms. The number of ether oxygens (including phenoxy) is 2. The molecule has 10 nitrogen and oxygen atoms in total. The van der Waals surface area contributed by atoms with Gasteiger partial charge >= 0.3 is 6.09 Å². The van der Waals surface area contributed by atoms with Crippen LogP contribution >= 0.6 is 11.6 Å². The van der Waals surface area contributed by atoms with Crippen molar-refractivity contribution in [3.05, 3.63) is 76.6 Å². The summed E-state index contributed by atoms with van der Waals surface area (Å²) in [7, 11) is 1.62. The van der Waals surface area contributed by atoms with E-state index in [1.54, 1.807) is 24.3 Å². The maximum atomic E-state index is 14.3. The van der Waals surface area contributed by atoms with Gasteiger partial charge in [-0.2, -0.15) is 0 Å². The van der Waals surface area contributed by atoms with Gasteiger partial charge in [0.05, 0.1) is 30.9 Å². The number of imidazole rings is 1. The molecule has 0 radical (unpaired) electrons. The molecule has 2 fully saturated rings. The fourth-order valence-corrected chi connectivity index (χ4v) is 6.43. The van der Waals surface area contributed by atoms with E-state index in [0.29, 0.717) is 49.4 Å². The topological polar surface area (TPSA) is 93.0 Å². The van der Waals surface area contributed by atoms with E-state index in [9.17, 15) is 9.59 Å². The Morgan fingerprint density at radius 1 is 1.09 bits per heavy atom. The molecule has 3 aromatic rings. The minimum absolute atomic E-state index is 0.0653. The zero-order valence-electron chi connectivity index (χ0n) is 26.5. The van der Waals surface area contributed by atoms with Gasteiger partial charge in [0, 0.05) is 62.2 Å². The van der Waals surface area contributed by atoms with E-state index < -0.39 is 17.7 Å². The summed E-state index contributed by atoms with van der Waals surface area (Å²) in [5, 5.41) is 0.569. The maximum Gasteiger partial charge on any atom is 0.411 e. The van der Waals surface area contributed by atoms with Crippen molar-refractivity contribution in [3.63, 3.8) is 0 Å². The molecule has 236 valence electrons. The van der Waals surface area contributed by atoms with Crippen LogP contribution in [-0.2, 0) is 16.1 Å². The molecule has 2 saturated heterocycles. The van der Waals surface area contributed by atoms with Crippen molar-refractivity contribution in [3.8, 4) is 5.75 Å². The van der Waals surface area contributed by atoms with E-state index in [0.717, 1.165) is 35.5 Å². The third-order valence-corrected chi connectivity index (χ3v) is 8.55. The van der Waals surface area contributed by atoms with Gasteiger partial charge in [-0.05, 0) is 70.7 Å². The number of halogens is 1. The molecule has 0 unspecified atom stereocenters. The van der Waals surface area contributed by atoms with Gasteiger partial charge in [0.25, 0.3) is 0 Å². The number of hydrogen-bond acceptors (Lipinski definition) is 7. The summed E-state index contributed by atoms with van der Waals surface area (Å²) in [6, 6.07) is 8.50. The van der Waals surface area contributed by atoms with Crippen LogP contribution in [0.4, 0.5) is 4.79 Å². The molecule has 4 heterocycles. The molecule has 3 atom stereocenters. The Balaban J connectivity index is 1.46. The van der Waals surface area contributed by atoms with Crippen LogP contribution in [-0.4, -0.2) is 92.7 Å². The molecule has 2 aliphatic heterocycles. The lowest BCUT2D eigenvalue weighted by atomic mass is 9.95. The molecule has 2 aliphatic rings. The fourth-order valence-electron chi connectivity index (χ4n) is 6.26. The molecule has 0 saturated carbocycles. The van der Waals surface area contributed by atoms with Gasteiger partial charge in [0.1, 0.15) is 17.4 Å². The van der Waals surface area contributed by atoms with Gasteiger partial charge in [0.15, 0.2) is 0 Å². The van der Waals surface area contributed by atoms with E-state index in [1.165, 1.54) is 0 Å². The number of carbonyl (C=O) groups excluding carboxylic acids is 2. The molecule has 2 amide bonds. The predicted octanol–water partition coefficient (Wildman–Crippen LogP) is 5.12. The SMILES string of the molecule is COc1cc(Cl)ccc1[C@H](c1ncccc1C)N1CCN(C(=O)OC(C)(C)C)[C@H](C(=O)N2CC[C@@H](Cn3cnc(C)c3)C2)C1. The van der Waals surface area contributed by atoms with Crippen LogP contribution in [0.5, 0.6) is 5.75 Å². The zero-order valence-corrected chi connectivity index (χ0v) is 27.3. The highest BCUT2D eigenvalue weighted by Gasteiger charge is 2.43. The lowest BCUT2D eigenvalue weighted by molar-refractivity contribution is -0.138. The highest BCUT2D eigenvalue weighted by molar-refractivity contribution is 6.30. The van der Waals surface area contributed by atoms with Crippen molar-refractivity contribution in [1.82, 2.24) is 29.2 Å². The first kappa shape index (κ1) is 31.8. The van der Waals surface area contributed by atoms with Crippen LogP contribution < -0.4 is 4.74 Å². The first-order chi connectivity index (χ1) is 20.9. The van der Waals surface area contributed by atoms with Gasteiger partial charge in [-0.3, -0.25) is 19.6 Å². The van der Waals surface area contributed by atoms with E-state index >= 15 is 0 Å². The van der Waals surface area contributed by atoms with Crippen molar-refractivity contribution in [2.24, 2.45) is 5.92 Å². The quantitative estimate of drug-likeness (QED) is 0.361. The molecule has 1 aromatic carbocycles. The molecule has 5 rings (SSSR count). The fraction of sp³-hybridized carbons (Fsp3) is 0.515. The van der Waals surface area contributed by atoms with Gasteiger partial charge in [0.2, 0.25) is 5.91 Å². The lowest BCUT2D eigenvalue weighted by Crippen LogP contribution is -2.62. The van der Waals surface area contributed by atoms with E-state index in [2.05, 4.69) is 14.5 Å². The highest BCUT2D eigenvalue weighted by atomic mass is 35.5. The van der Waals surface area contributed by atoms with Crippen molar-refractivity contribution in [2.75, 3.05) is 39.8 Å². The summed E-state index contributed by atoms with van der Waals surface area (Å²) in [5.74, 6) is 0.885. The minimum atomic E-state index is -0.724. The van der Waals surface area contributed by atoms with Crippen molar-refractivity contribution in [2.45, 2.75) is 65.3 Å². The zero-order chi connectivity index (χ0) is 31.6. The van der Waals surface area contributed by atoms with Gasteiger partial charge in [-0.1, -0.05) is 23.7 Å². The maximum absolute atomic E-state index is 14.3. The van der Waals surface area contributed by atoms with Crippen molar-refractivity contribution >= 4 is 23.6 Å². The smallest absolute Gasteiger partial charge is 0.411 e. The van der Waals surface area contributed by atoms with Crippen LogP contribution in [0.1, 0.15) is 55.7 Å². The number of likely N-dealkylation sites (tertiary alicyclic amines) is 1. The Hall–Kier alpha value is -3.63. The number of rotatable bonds is 7. The van der Waals surface area contributed by atoms with Crippen LogP contribution in [0.2, 0.25) is 5.02 Å². The Morgan fingerprint density at radius 3 is 2.57 bits per heavy atom. The molecule has 0 N–H and O–H groups in total. The summed E-state index contributed by atoms with van der Waals surface area (Å²) in [5.41, 5.74) is 3.06. The molecule has 0 bridgehead atoms. The number of piperazine rings is 1. The van der Waals surface area contributed by atoms with Crippen LogP contribution in [0.15, 0.2) is 49.1 Å². The monoisotopic (exact) mass is 622 g/mol. The average Bonchev–Trinajstić information content (AvgIpc) is 3.62. The minimum Gasteiger partial charge on any atom is -0.496 e. The predicted molar refractivity (Wildman–Crippen MR) is 169 cm³/mol. The van der Waals surface area contributed by atoms with Crippen LogP contribution in [0.25, 0.3) is 0 Å². The Labute approximate surface area is 264 Å². The Morgan fingerprint density at radius 2 is 1.89 bits per heavy atom. The van der Waals surface area contributed by atoms with E-state index in [-0.39, 0.29) is 11.9 Å². The number of benzene rings is 1. The number of carbonyl (C=O) groups is 2. The second-order valence-electron chi connectivity index (χ2n) is 12.8. The van der Waals surface area contributed by atoms with Crippen molar-refractivity contribution in [1.29, 1.82) is 0 Å². The average molecular weight is 623 g/mol. The first-order valence-electron chi connectivity index (χ1n) is 15.2. The number of aryl methyl sites for hydroxylation is 2. The molecule has 11 heteroatoms. The summed E-state index contributed by atoms with van der Waals surface area (Å²) >= 11 is 6.35. The van der Waals surface area contributed by atoms with E-state index in [1.807, 2.05) is 76.3 Å².